The van der Waals surface area contributed by atoms with E-state index in [2.05, 4.69) is 40.4 Å². The fourth-order valence-electron chi connectivity index (χ4n) is 3.39. The number of thiophene rings is 1. The standard InChI is InChI=1S/C18H24N2OS/c1-15(16-4-2-9-19-12-16)20-10-8-18(13-20,14-21)7-6-17-5-3-11-22-17/h2-5,9,11-12,15,21H,6-8,10,13-14H2,1H3/t15?,18-/m0/s1. The van der Waals surface area contributed by atoms with Crippen LogP contribution in [0, 0.1) is 5.41 Å². The highest BCUT2D eigenvalue weighted by Crippen LogP contribution is 2.38. The van der Waals surface area contributed by atoms with Gasteiger partial charge in [0.15, 0.2) is 0 Å². The van der Waals surface area contributed by atoms with Crippen LogP contribution in [-0.2, 0) is 6.42 Å². The quantitative estimate of drug-likeness (QED) is 0.886. The van der Waals surface area contributed by atoms with Crippen LogP contribution in [0.1, 0.15) is 36.2 Å². The van der Waals surface area contributed by atoms with Gasteiger partial charge in [-0.1, -0.05) is 12.1 Å². The first-order chi connectivity index (χ1) is 10.7. The molecule has 0 bridgehead atoms. The lowest BCUT2D eigenvalue weighted by atomic mass is 9.83. The van der Waals surface area contributed by atoms with Gasteiger partial charge in [0.2, 0.25) is 0 Å². The van der Waals surface area contributed by atoms with Crippen LogP contribution in [0.4, 0.5) is 0 Å². The summed E-state index contributed by atoms with van der Waals surface area (Å²) >= 11 is 1.82. The highest BCUT2D eigenvalue weighted by Gasteiger charge is 2.39. The van der Waals surface area contributed by atoms with Crippen LogP contribution in [0.3, 0.4) is 0 Å². The van der Waals surface area contributed by atoms with Crippen LogP contribution in [0.15, 0.2) is 42.0 Å². The molecule has 4 heteroatoms. The second-order valence-corrected chi connectivity index (χ2v) is 7.45. The Hall–Kier alpha value is -1.23. The number of aliphatic hydroxyl groups excluding tert-OH is 1. The predicted octanol–water partition coefficient (Wildman–Crippen LogP) is 3.52. The number of aliphatic hydroxyl groups is 1. The van der Waals surface area contributed by atoms with Crippen LogP contribution in [0.25, 0.3) is 0 Å². The Labute approximate surface area is 136 Å². The minimum absolute atomic E-state index is 0.0560. The summed E-state index contributed by atoms with van der Waals surface area (Å²) in [6.07, 6.45) is 7.00. The van der Waals surface area contributed by atoms with Crippen molar-refractivity contribution in [3.63, 3.8) is 0 Å². The summed E-state index contributed by atoms with van der Waals surface area (Å²) in [5.41, 5.74) is 1.31. The first-order valence-electron chi connectivity index (χ1n) is 8.00. The summed E-state index contributed by atoms with van der Waals surface area (Å²) in [4.78, 5) is 8.14. The largest absolute Gasteiger partial charge is 0.396 e. The molecule has 1 unspecified atom stereocenters. The number of aryl methyl sites for hydroxylation is 1. The molecule has 3 nitrogen and oxygen atoms in total. The minimum atomic E-state index is 0.0560. The fraction of sp³-hybridized carbons (Fsp3) is 0.500. The molecule has 3 heterocycles. The summed E-state index contributed by atoms with van der Waals surface area (Å²) in [5, 5.41) is 12.1. The summed E-state index contributed by atoms with van der Waals surface area (Å²) in [7, 11) is 0. The van der Waals surface area contributed by atoms with Crippen molar-refractivity contribution in [1.82, 2.24) is 9.88 Å². The van der Waals surface area contributed by atoms with E-state index in [1.54, 1.807) is 0 Å². The number of nitrogens with zero attached hydrogens (tertiary/aromatic N) is 2. The Balaban J connectivity index is 1.63. The first-order valence-corrected chi connectivity index (χ1v) is 8.88. The number of aromatic nitrogens is 1. The maximum absolute atomic E-state index is 9.98. The van der Waals surface area contributed by atoms with Crippen LogP contribution in [-0.4, -0.2) is 34.7 Å². The van der Waals surface area contributed by atoms with Crippen molar-refractivity contribution in [2.24, 2.45) is 5.41 Å². The zero-order valence-electron chi connectivity index (χ0n) is 13.1. The maximum Gasteiger partial charge on any atom is 0.0500 e. The Bertz CT molecular complexity index is 572. The number of likely N-dealkylation sites (tertiary alicyclic amines) is 1. The fourth-order valence-corrected chi connectivity index (χ4v) is 4.10. The van der Waals surface area contributed by atoms with Crippen LogP contribution < -0.4 is 0 Å². The third-order valence-corrected chi connectivity index (χ3v) is 5.94. The summed E-state index contributed by atoms with van der Waals surface area (Å²) in [5.74, 6) is 0. The molecule has 0 amide bonds. The van der Waals surface area contributed by atoms with E-state index < -0.39 is 0 Å². The molecule has 0 aromatic carbocycles. The van der Waals surface area contributed by atoms with Gasteiger partial charge >= 0.3 is 0 Å². The molecule has 22 heavy (non-hydrogen) atoms. The highest BCUT2D eigenvalue weighted by atomic mass is 32.1. The van der Waals surface area contributed by atoms with Crippen LogP contribution in [0.5, 0.6) is 0 Å². The average molecular weight is 316 g/mol. The molecule has 118 valence electrons. The average Bonchev–Trinajstić information content (AvgIpc) is 3.23. The highest BCUT2D eigenvalue weighted by molar-refractivity contribution is 7.09. The second kappa shape index (κ2) is 6.90. The van der Waals surface area contributed by atoms with Crippen molar-refractivity contribution in [2.45, 2.75) is 32.2 Å². The molecule has 1 fully saturated rings. The Kier molecular flexibility index (Phi) is 4.91. The number of hydrogen-bond acceptors (Lipinski definition) is 4. The topological polar surface area (TPSA) is 36.4 Å². The smallest absolute Gasteiger partial charge is 0.0500 e. The monoisotopic (exact) mass is 316 g/mol. The maximum atomic E-state index is 9.98. The van der Waals surface area contributed by atoms with Gasteiger partial charge in [0.1, 0.15) is 0 Å². The molecule has 3 rings (SSSR count). The summed E-state index contributed by atoms with van der Waals surface area (Å²) in [6.45, 7) is 4.56. The molecule has 0 spiro atoms. The van der Waals surface area contributed by atoms with E-state index in [0.717, 1.165) is 32.4 Å². The van der Waals surface area contributed by atoms with Crippen molar-refractivity contribution < 1.29 is 5.11 Å². The van der Waals surface area contributed by atoms with Crippen molar-refractivity contribution in [3.8, 4) is 0 Å². The Morgan fingerprint density at radius 1 is 1.41 bits per heavy atom. The summed E-state index contributed by atoms with van der Waals surface area (Å²) in [6, 6.07) is 8.81. The molecule has 0 aliphatic carbocycles. The Morgan fingerprint density at radius 2 is 2.32 bits per heavy atom. The molecule has 1 aliphatic rings. The molecular weight excluding hydrogens is 292 g/mol. The van der Waals surface area contributed by atoms with E-state index in [-0.39, 0.29) is 12.0 Å². The van der Waals surface area contributed by atoms with Gasteiger partial charge in [-0.05, 0) is 55.8 Å². The molecule has 1 saturated heterocycles. The molecule has 2 aromatic heterocycles. The van der Waals surface area contributed by atoms with Gasteiger partial charge in [0.25, 0.3) is 0 Å². The van der Waals surface area contributed by atoms with E-state index in [9.17, 15) is 5.11 Å². The number of rotatable bonds is 6. The normalized spacial score (nSPS) is 23.7. The minimum Gasteiger partial charge on any atom is -0.396 e. The van der Waals surface area contributed by atoms with E-state index in [0.29, 0.717) is 6.04 Å². The van der Waals surface area contributed by atoms with Gasteiger partial charge in [-0.15, -0.1) is 11.3 Å². The zero-order valence-corrected chi connectivity index (χ0v) is 13.9. The molecule has 1 N–H and O–H groups in total. The molecule has 0 saturated carbocycles. The van der Waals surface area contributed by atoms with E-state index in [4.69, 9.17) is 0 Å². The van der Waals surface area contributed by atoms with Gasteiger partial charge in [0, 0.05) is 41.9 Å². The molecule has 2 atom stereocenters. The van der Waals surface area contributed by atoms with Crippen molar-refractivity contribution in [3.05, 3.63) is 52.5 Å². The van der Waals surface area contributed by atoms with Gasteiger partial charge < -0.3 is 5.11 Å². The first kappa shape index (κ1) is 15.7. The third kappa shape index (κ3) is 3.40. The predicted molar refractivity (Wildman–Crippen MR) is 91.0 cm³/mol. The van der Waals surface area contributed by atoms with E-state index in [1.165, 1.54) is 10.4 Å². The SMILES string of the molecule is CC(c1cccnc1)N1CC[C@@](CO)(CCc2cccs2)C1. The van der Waals surface area contributed by atoms with Crippen molar-refractivity contribution in [1.29, 1.82) is 0 Å². The van der Waals surface area contributed by atoms with Crippen LogP contribution >= 0.6 is 11.3 Å². The lowest BCUT2D eigenvalue weighted by molar-refractivity contribution is 0.112. The van der Waals surface area contributed by atoms with E-state index >= 15 is 0 Å². The lowest BCUT2D eigenvalue weighted by Crippen LogP contribution is -2.32. The molecule has 1 aliphatic heterocycles. The molecular formula is C18H24N2OS. The van der Waals surface area contributed by atoms with Crippen molar-refractivity contribution in [2.75, 3.05) is 19.7 Å². The van der Waals surface area contributed by atoms with Crippen molar-refractivity contribution >= 4 is 11.3 Å². The zero-order chi connectivity index (χ0) is 15.4. The van der Waals surface area contributed by atoms with Gasteiger partial charge in [-0.3, -0.25) is 9.88 Å². The number of hydrogen-bond donors (Lipinski definition) is 1. The van der Waals surface area contributed by atoms with E-state index in [1.807, 2.05) is 29.8 Å². The molecule has 0 radical (unpaired) electrons. The van der Waals surface area contributed by atoms with Gasteiger partial charge in [-0.25, -0.2) is 0 Å². The third-order valence-electron chi connectivity index (χ3n) is 5.00. The van der Waals surface area contributed by atoms with Gasteiger partial charge in [0.05, 0.1) is 0 Å². The molecule has 2 aromatic rings. The lowest BCUT2D eigenvalue weighted by Gasteiger charge is -2.30. The van der Waals surface area contributed by atoms with Crippen LogP contribution in [0.2, 0.25) is 0 Å². The van der Waals surface area contributed by atoms with Gasteiger partial charge in [-0.2, -0.15) is 0 Å². The number of pyridine rings is 1. The second-order valence-electron chi connectivity index (χ2n) is 6.42. The summed E-state index contributed by atoms with van der Waals surface area (Å²) < 4.78 is 0. The Morgan fingerprint density at radius 3 is 3.00 bits per heavy atom.